The molecule has 3 rings (SSSR count). The van der Waals surface area contributed by atoms with Crippen LogP contribution in [0.2, 0.25) is 0 Å². The molecule has 0 aromatic heterocycles. The Hall–Kier alpha value is -3.79. The summed E-state index contributed by atoms with van der Waals surface area (Å²) >= 11 is 0. The minimum atomic E-state index is -4.18. The van der Waals surface area contributed by atoms with Crippen molar-refractivity contribution in [3.63, 3.8) is 0 Å². The van der Waals surface area contributed by atoms with Crippen molar-refractivity contribution in [3.05, 3.63) is 93.3 Å². The Balaban J connectivity index is 1.95. The maximum atomic E-state index is 13.0. The average molecular weight is 442 g/mol. The van der Waals surface area contributed by atoms with Crippen LogP contribution < -0.4 is 10.1 Å². The van der Waals surface area contributed by atoms with E-state index in [-0.39, 0.29) is 16.3 Å². The van der Waals surface area contributed by atoms with Crippen molar-refractivity contribution in [1.29, 1.82) is 0 Å². The average Bonchev–Trinajstić information content (AvgIpc) is 2.71. The highest BCUT2D eigenvalue weighted by atomic mass is 32.2. The first kappa shape index (κ1) is 21.9. The van der Waals surface area contributed by atoms with Gasteiger partial charge in [0.2, 0.25) is 0 Å². The number of nitrogens with one attached hydrogen (secondary N) is 2. The molecule has 0 unspecified atom stereocenters. The van der Waals surface area contributed by atoms with Crippen LogP contribution in [0.25, 0.3) is 0 Å². The number of non-ortho nitro benzene ring substituents is 1. The number of hydrazone groups is 1. The summed E-state index contributed by atoms with van der Waals surface area (Å²) in [6.45, 7) is 3.64. The summed E-state index contributed by atoms with van der Waals surface area (Å²) in [6.07, 6.45) is 1.37. The van der Waals surface area contributed by atoms with Gasteiger partial charge in [0, 0.05) is 12.1 Å². The second-order valence-electron chi connectivity index (χ2n) is 6.78. The second kappa shape index (κ2) is 8.92. The first-order valence-electron chi connectivity index (χ1n) is 9.09. The molecule has 160 valence electrons. The van der Waals surface area contributed by atoms with E-state index in [0.29, 0.717) is 16.8 Å². The van der Waals surface area contributed by atoms with Gasteiger partial charge in [-0.1, -0.05) is 29.8 Å². The fourth-order valence-corrected chi connectivity index (χ4v) is 4.10. The fraction of sp³-hybridized carbons (Fsp3) is 0.0952. The number of benzene rings is 3. The van der Waals surface area contributed by atoms with Crippen molar-refractivity contribution in [1.82, 2.24) is 0 Å². The van der Waals surface area contributed by atoms with Gasteiger partial charge in [-0.15, -0.1) is 0 Å². The van der Waals surface area contributed by atoms with Crippen LogP contribution in [-0.4, -0.2) is 19.6 Å². The molecule has 0 amide bonds. The molecule has 0 saturated carbocycles. The highest BCUT2D eigenvalue weighted by Gasteiger charge is 2.23. The highest BCUT2D eigenvalue weighted by molar-refractivity contribution is 7.92. The Morgan fingerprint density at radius 3 is 2.32 bits per heavy atom. The van der Waals surface area contributed by atoms with Crippen LogP contribution in [0.15, 0.2) is 70.7 Å². The maximum Gasteiger partial charge on any atom is 0.270 e. The number of aryl methyl sites for hydroxylation is 2. The molecule has 3 aromatic carbocycles. The monoisotopic (exact) mass is 442 g/mol. The molecular weight excluding hydrogens is 423 g/mol. The van der Waals surface area contributed by atoms with Crippen molar-refractivity contribution in [3.8, 4) is 0 Å². The SMILES string of the molecule is Cc1ccc(NS(=O)(=O)c2cc([N+](=O)[O-])ccc2N/N=C/c2ccc(F)cc2)c(C)c1. The van der Waals surface area contributed by atoms with Crippen molar-refractivity contribution < 1.29 is 17.7 Å². The Kier molecular flexibility index (Phi) is 6.30. The van der Waals surface area contributed by atoms with E-state index in [1.54, 1.807) is 19.1 Å². The molecule has 0 spiro atoms. The zero-order valence-corrected chi connectivity index (χ0v) is 17.5. The fourth-order valence-electron chi connectivity index (χ4n) is 2.79. The van der Waals surface area contributed by atoms with Crippen molar-refractivity contribution in [2.75, 3.05) is 10.1 Å². The number of anilines is 2. The van der Waals surface area contributed by atoms with E-state index in [9.17, 15) is 22.9 Å². The zero-order chi connectivity index (χ0) is 22.6. The van der Waals surface area contributed by atoms with Gasteiger partial charge in [-0.25, -0.2) is 12.8 Å². The minimum absolute atomic E-state index is 0.0428. The predicted octanol–water partition coefficient (Wildman–Crippen LogP) is 4.60. The number of nitro benzene ring substituents is 1. The van der Waals surface area contributed by atoms with Gasteiger partial charge >= 0.3 is 0 Å². The number of hydrogen-bond donors (Lipinski definition) is 2. The quantitative estimate of drug-likeness (QED) is 0.315. The molecule has 0 saturated heterocycles. The van der Waals surface area contributed by atoms with Crippen LogP contribution >= 0.6 is 0 Å². The molecule has 0 heterocycles. The number of rotatable bonds is 7. The maximum absolute atomic E-state index is 13.0. The summed E-state index contributed by atoms with van der Waals surface area (Å²) < 4.78 is 41.5. The number of nitrogens with zero attached hydrogens (tertiary/aromatic N) is 2. The van der Waals surface area contributed by atoms with Crippen molar-refractivity contribution in [2.45, 2.75) is 18.7 Å². The van der Waals surface area contributed by atoms with E-state index < -0.39 is 20.8 Å². The van der Waals surface area contributed by atoms with Crippen molar-refractivity contribution in [2.24, 2.45) is 5.10 Å². The third kappa shape index (κ3) is 5.43. The molecule has 0 aliphatic carbocycles. The van der Waals surface area contributed by atoms with Gasteiger partial charge in [-0.3, -0.25) is 20.3 Å². The topological polar surface area (TPSA) is 114 Å². The first-order chi connectivity index (χ1) is 14.7. The van der Waals surface area contributed by atoms with E-state index >= 15 is 0 Å². The third-order valence-electron chi connectivity index (χ3n) is 4.36. The van der Waals surface area contributed by atoms with Gasteiger partial charge in [-0.2, -0.15) is 5.10 Å². The highest BCUT2D eigenvalue weighted by Crippen LogP contribution is 2.29. The van der Waals surface area contributed by atoms with E-state index in [2.05, 4.69) is 15.2 Å². The van der Waals surface area contributed by atoms with Gasteiger partial charge in [0.25, 0.3) is 15.7 Å². The molecular formula is C21H19FN4O4S. The summed E-state index contributed by atoms with van der Waals surface area (Å²) in [5.41, 5.74) is 4.86. The van der Waals surface area contributed by atoms with Gasteiger partial charge in [0.05, 0.1) is 22.5 Å². The first-order valence-corrected chi connectivity index (χ1v) is 10.6. The van der Waals surface area contributed by atoms with Crippen LogP contribution in [0.5, 0.6) is 0 Å². The van der Waals surface area contributed by atoms with Gasteiger partial charge in [0.1, 0.15) is 10.7 Å². The van der Waals surface area contributed by atoms with Crippen LogP contribution in [-0.2, 0) is 10.0 Å². The molecule has 0 radical (unpaired) electrons. The molecule has 10 heteroatoms. The molecule has 0 atom stereocenters. The van der Waals surface area contributed by atoms with Gasteiger partial charge < -0.3 is 0 Å². The summed E-state index contributed by atoms with van der Waals surface area (Å²) in [7, 11) is -4.18. The normalized spacial score (nSPS) is 11.5. The minimum Gasteiger partial charge on any atom is -0.279 e. The Labute approximate surface area is 178 Å². The standard InChI is InChI=1S/C21H19FN4O4S/c1-14-3-9-19(15(2)11-14)25-31(29,30)21-12-18(26(27)28)8-10-20(21)24-23-13-16-4-6-17(22)7-5-16/h3-13,24-25H,1-2H3/b23-13+. The number of nitro groups is 1. The Morgan fingerprint density at radius 2 is 1.68 bits per heavy atom. The van der Waals surface area contributed by atoms with Gasteiger partial charge in [0.15, 0.2) is 0 Å². The molecule has 3 aromatic rings. The molecule has 0 aliphatic heterocycles. The lowest BCUT2D eigenvalue weighted by Gasteiger charge is -2.14. The van der Waals surface area contributed by atoms with Crippen LogP contribution in [0.1, 0.15) is 16.7 Å². The van der Waals surface area contributed by atoms with E-state index in [1.165, 1.54) is 42.6 Å². The van der Waals surface area contributed by atoms with Crippen LogP contribution in [0, 0.1) is 29.8 Å². The summed E-state index contributed by atoms with van der Waals surface area (Å²) in [4.78, 5) is 10.2. The Bertz CT molecular complexity index is 1260. The number of sulfonamides is 1. The largest absolute Gasteiger partial charge is 0.279 e. The lowest BCUT2D eigenvalue weighted by Crippen LogP contribution is -2.16. The number of halogens is 1. The molecule has 2 N–H and O–H groups in total. The molecule has 0 aliphatic rings. The second-order valence-corrected chi connectivity index (χ2v) is 8.43. The van der Waals surface area contributed by atoms with Crippen molar-refractivity contribution >= 4 is 33.3 Å². The third-order valence-corrected chi connectivity index (χ3v) is 5.77. The number of hydrogen-bond acceptors (Lipinski definition) is 6. The molecule has 31 heavy (non-hydrogen) atoms. The van der Waals surface area contributed by atoms with E-state index in [1.807, 2.05) is 13.0 Å². The summed E-state index contributed by atoms with van der Waals surface area (Å²) in [5, 5.41) is 15.1. The molecule has 8 nitrogen and oxygen atoms in total. The lowest BCUT2D eigenvalue weighted by molar-refractivity contribution is -0.385. The Morgan fingerprint density at radius 1 is 1.00 bits per heavy atom. The van der Waals surface area contributed by atoms with E-state index in [4.69, 9.17) is 0 Å². The summed E-state index contributed by atoms with van der Waals surface area (Å²) in [5.74, 6) is -0.397. The predicted molar refractivity (Wildman–Crippen MR) is 117 cm³/mol. The zero-order valence-electron chi connectivity index (χ0n) is 16.7. The lowest BCUT2D eigenvalue weighted by atomic mass is 10.1. The molecule has 0 bridgehead atoms. The van der Waals surface area contributed by atoms with E-state index in [0.717, 1.165) is 11.6 Å². The molecule has 0 fully saturated rings. The van der Waals surface area contributed by atoms with Crippen LogP contribution in [0.4, 0.5) is 21.5 Å². The summed E-state index contributed by atoms with van der Waals surface area (Å²) in [6, 6.07) is 14.1. The van der Waals surface area contributed by atoms with Crippen LogP contribution in [0.3, 0.4) is 0 Å². The smallest absolute Gasteiger partial charge is 0.270 e. The van der Waals surface area contributed by atoms with Gasteiger partial charge in [-0.05, 0) is 49.2 Å².